The summed E-state index contributed by atoms with van der Waals surface area (Å²) in [5.41, 5.74) is 1.68. The minimum atomic E-state index is -0.761. The van der Waals surface area contributed by atoms with Crippen LogP contribution in [0.2, 0.25) is 5.28 Å². The molecule has 10 heteroatoms. The Morgan fingerprint density at radius 3 is 2.75 bits per heavy atom. The molecule has 1 aliphatic heterocycles. The standard InChI is InChI=1S/C22H15ClFN3O3S2/c1-29-17-9-14(7-8-16(17)30-19-15(24)11-25-21(23)26-19)10-18-20(28)27(22(31)32-18)12-13-5-3-2-4-6-13/h2-11H,12H2,1H3/b18-10+. The van der Waals surface area contributed by atoms with Gasteiger partial charge in [-0.25, -0.2) is 4.98 Å². The van der Waals surface area contributed by atoms with Crippen LogP contribution in [0.25, 0.3) is 6.08 Å². The lowest BCUT2D eigenvalue weighted by molar-refractivity contribution is -0.122. The minimum Gasteiger partial charge on any atom is -0.493 e. The quantitative estimate of drug-likeness (QED) is 0.259. The number of methoxy groups -OCH3 is 1. The second-order valence-electron chi connectivity index (χ2n) is 6.56. The normalized spacial score (nSPS) is 14.8. The van der Waals surface area contributed by atoms with E-state index in [9.17, 15) is 9.18 Å². The van der Waals surface area contributed by atoms with Crippen molar-refractivity contribution in [3.8, 4) is 17.4 Å². The maximum Gasteiger partial charge on any atom is 0.266 e. The van der Waals surface area contributed by atoms with E-state index in [1.165, 1.54) is 18.9 Å². The van der Waals surface area contributed by atoms with E-state index >= 15 is 0 Å². The molecule has 0 spiro atoms. The zero-order chi connectivity index (χ0) is 22.7. The molecule has 1 saturated heterocycles. The van der Waals surface area contributed by atoms with Crippen molar-refractivity contribution < 1.29 is 18.7 Å². The van der Waals surface area contributed by atoms with Crippen LogP contribution in [0.4, 0.5) is 4.39 Å². The highest BCUT2D eigenvalue weighted by atomic mass is 35.5. The lowest BCUT2D eigenvalue weighted by Gasteiger charge is -2.14. The number of thiocarbonyl (C=S) groups is 1. The number of aromatic nitrogens is 2. The number of benzene rings is 2. The molecule has 1 aliphatic rings. The molecule has 3 aromatic rings. The Bertz CT molecular complexity index is 1220. The van der Waals surface area contributed by atoms with E-state index < -0.39 is 5.82 Å². The number of thioether (sulfide) groups is 1. The van der Waals surface area contributed by atoms with Crippen LogP contribution in [0.1, 0.15) is 11.1 Å². The topological polar surface area (TPSA) is 64.5 Å². The Morgan fingerprint density at radius 2 is 2.00 bits per heavy atom. The molecular weight excluding hydrogens is 473 g/mol. The summed E-state index contributed by atoms with van der Waals surface area (Å²) in [5.74, 6) is -0.691. The smallest absolute Gasteiger partial charge is 0.266 e. The third-order valence-corrected chi connectivity index (χ3v) is 5.99. The molecule has 162 valence electrons. The van der Waals surface area contributed by atoms with Crippen molar-refractivity contribution in [1.82, 2.24) is 14.9 Å². The van der Waals surface area contributed by atoms with Gasteiger partial charge in [-0.15, -0.1) is 0 Å². The number of ether oxygens (including phenoxy) is 2. The molecule has 0 atom stereocenters. The molecule has 2 heterocycles. The van der Waals surface area contributed by atoms with E-state index in [1.54, 1.807) is 29.2 Å². The maximum absolute atomic E-state index is 13.9. The number of carbonyl (C=O) groups excluding carboxylic acids is 1. The van der Waals surface area contributed by atoms with Crippen LogP contribution in [0.15, 0.2) is 59.6 Å². The van der Waals surface area contributed by atoms with Crippen molar-refractivity contribution in [2.45, 2.75) is 6.54 Å². The van der Waals surface area contributed by atoms with Gasteiger partial charge in [0.05, 0.1) is 24.8 Å². The molecule has 1 amide bonds. The SMILES string of the molecule is COc1cc(/C=C2/SC(=S)N(Cc3ccccc3)C2=O)ccc1Oc1nc(Cl)ncc1F. The molecule has 0 radical (unpaired) electrons. The number of hydrogen-bond donors (Lipinski definition) is 0. The first-order valence-corrected chi connectivity index (χ1v) is 10.9. The van der Waals surface area contributed by atoms with Crippen LogP contribution in [0.5, 0.6) is 17.4 Å². The predicted octanol–water partition coefficient (Wildman–Crippen LogP) is 5.47. The molecular formula is C22H15ClFN3O3S2. The van der Waals surface area contributed by atoms with Gasteiger partial charge in [0.25, 0.3) is 11.8 Å². The Labute approximate surface area is 198 Å². The van der Waals surface area contributed by atoms with E-state index in [4.69, 9.17) is 33.3 Å². The van der Waals surface area contributed by atoms with Gasteiger partial charge in [-0.05, 0) is 40.9 Å². The van der Waals surface area contributed by atoms with Crippen molar-refractivity contribution in [3.05, 3.63) is 81.9 Å². The summed E-state index contributed by atoms with van der Waals surface area (Å²) in [4.78, 5) is 22.2. The fourth-order valence-corrected chi connectivity index (χ4v) is 4.30. The minimum absolute atomic E-state index is 0.144. The summed E-state index contributed by atoms with van der Waals surface area (Å²) in [6.45, 7) is 0.409. The summed E-state index contributed by atoms with van der Waals surface area (Å²) < 4.78 is 25.3. The molecule has 4 rings (SSSR count). The monoisotopic (exact) mass is 487 g/mol. The maximum atomic E-state index is 13.9. The molecule has 1 aromatic heterocycles. The van der Waals surface area contributed by atoms with Gasteiger partial charge in [0.15, 0.2) is 11.5 Å². The van der Waals surface area contributed by atoms with Gasteiger partial charge in [-0.1, -0.05) is 60.4 Å². The average molecular weight is 488 g/mol. The first kappa shape index (κ1) is 22.2. The van der Waals surface area contributed by atoms with E-state index in [0.717, 1.165) is 11.8 Å². The Hall–Kier alpha value is -3.01. The lowest BCUT2D eigenvalue weighted by atomic mass is 10.1. The molecule has 2 aromatic carbocycles. The molecule has 0 unspecified atom stereocenters. The van der Waals surface area contributed by atoms with Gasteiger partial charge < -0.3 is 9.47 Å². The van der Waals surface area contributed by atoms with E-state index in [2.05, 4.69) is 9.97 Å². The number of nitrogens with zero attached hydrogens (tertiary/aromatic N) is 3. The van der Waals surface area contributed by atoms with Gasteiger partial charge >= 0.3 is 0 Å². The van der Waals surface area contributed by atoms with Crippen LogP contribution in [-0.2, 0) is 11.3 Å². The van der Waals surface area contributed by atoms with Gasteiger partial charge in [-0.3, -0.25) is 9.69 Å². The number of hydrogen-bond acceptors (Lipinski definition) is 7. The molecule has 0 aliphatic carbocycles. The van der Waals surface area contributed by atoms with Crippen LogP contribution >= 0.6 is 35.6 Å². The second-order valence-corrected chi connectivity index (χ2v) is 8.57. The number of carbonyl (C=O) groups is 1. The predicted molar refractivity (Wildman–Crippen MR) is 125 cm³/mol. The summed E-state index contributed by atoms with van der Waals surface area (Å²) in [6.07, 6.45) is 2.64. The number of halogens is 2. The average Bonchev–Trinajstić information content (AvgIpc) is 3.05. The van der Waals surface area contributed by atoms with E-state index in [-0.39, 0.29) is 22.8 Å². The van der Waals surface area contributed by atoms with Gasteiger partial charge in [0.1, 0.15) is 4.32 Å². The van der Waals surface area contributed by atoms with Crippen molar-refractivity contribution in [3.63, 3.8) is 0 Å². The number of rotatable bonds is 6. The van der Waals surface area contributed by atoms with Crippen LogP contribution in [0.3, 0.4) is 0 Å². The van der Waals surface area contributed by atoms with Gasteiger partial charge in [0, 0.05) is 0 Å². The van der Waals surface area contributed by atoms with E-state index in [1.807, 2.05) is 30.3 Å². The first-order valence-electron chi connectivity index (χ1n) is 9.28. The highest BCUT2D eigenvalue weighted by Crippen LogP contribution is 2.36. The molecule has 0 saturated carbocycles. The summed E-state index contributed by atoms with van der Waals surface area (Å²) in [7, 11) is 1.45. The Morgan fingerprint density at radius 1 is 1.22 bits per heavy atom. The third-order valence-electron chi connectivity index (χ3n) is 4.43. The van der Waals surface area contributed by atoms with Gasteiger partial charge in [0.2, 0.25) is 11.1 Å². The summed E-state index contributed by atoms with van der Waals surface area (Å²) in [6, 6.07) is 14.6. The van der Waals surface area contributed by atoms with E-state index in [0.29, 0.717) is 27.1 Å². The fourth-order valence-electron chi connectivity index (χ4n) is 2.92. The lowest BCUT2D eigenvalue weighted by Crippen LogP contribution is -2.27. The first-order chi connectivity index (χ1) is 15.4. The molecule has 0 bridgehead atoms. The second kappa shape index (κ2) is 9.64. The molecule has 6 nitrogen and oxygen atoms in total. The zero-order valence-corrected chi connectivity index (χ0v) is 19.0. The van der Waals surface area contributed by atoms with Crippen LogP contribution in [0, 0.1) is 5.82 Å². The molecule has 32 heavy (non-hydrogen) atoms. The van der Waals surface area contributed by atoms with Crippen LogP contribution < -0.4 is 9.47 Å². The Balaban J connectivity index is 1.55. The zero-order valence-electron chi connectivity index (χ0n) is 16.6. The van der Waals surface area contributed by atoms with Crippen molar-refractivity contribution in [2.24, 2.45) is 0 Å². The number of amides is 1. The molecule has 0 N–H and O–H groups in total. The Kier molecular flexibility index (Phi) is 6.69. The largest absolute Gasteiger partial charge is 0.493 e. The highest BCUT2D eigenvalue weighted by Gasteiger charge is 2.32. The van der Waals surface area contributed by atoms with Crippen molar-refractivity contribution in [2.75, 3.05) is 7.11 Å². The van der Waals surface area contributed by atoms with Crippen molar-refractivity contribution >= 4 is 51.9 Å². The highest BCUT2D eigenvalue weighted by molar-refractivity contribution is 8.26. The van der Waals surface area contributed by atoms with Gasteiger partial charge in [-0.2, -0.15) is 9.37 Å². The fraction of sp³-hybridized carbons (Fsp3) is 0.0909. The molecule has 1 fully saturated rings. The summed E-state index contributed by atoms with van der Waals surface area (Å²) in [5, 5.41) is -0.144. The van der Waals surface area contributed by atoms with Crippen LogP contribution in [-0.4, -0.2) is 32.2 Å². The van der Waals surface area contributed by atoms with Crippen molar-refractivity contribution in [1.29, 1.82) is 0 Å². The third kappa shape index (κ3) is 4.90. The summed E-state index contributed by atoms with van der Waals surface area (Å²) >= 11 is 12.3.